The van der Waals surface area contributed by atoms with Crippen LogP contribution in [0.3, 0.4) is 0 Å². The zero-order chi connectivity index (χ0) is 17.7. The first-order chi connectivity index (χ1) is 11.4. The van der Waals surface area contributed by atoms with E-state index in [1.54, 1.807) is 0 Å². The van der Waals surface area contributed by atoms with Crippen molar-refractivity contribution < 1.29 is 4.79 Å². The van der Waals surface area contributed by atoms with Gasteiger partial charge in [-0.15, -0.1) is 0 Å². The molecule has 2 aliphatic rings. The van der Waals surface area contributed by atoms with E-state index in [2.05, 4.69) is 54.5 Å². The van der Waals surface area contributed by atoms with Gasteiger partial charge in [-0.3, -0.25) is 14.6 Å². The molecule has 2 fully saturated rings. The predicted octanol–water partition coefficient (Wildman–Crippen LogP) is 1.74. The van der Waals surface area contributed by atoms with E-state index in [1.807, 2.05) is 0 Å². The summed E-state index contributed by atoms with van der Waals surface area (Å²) in [5.74, 6) is 0.332. The van der Waals surface area contributed by atoms with Crippen LogP contribution in [0.1, 0.15) is 46.5 Å². The largest absolute Gasteiger partial charge is 0.341 e. The van der Waals surface area contributed by atoms with Crippen molar-refractivity contribution in [3.63, 3.8) is 0 Å². The molecule has 2 rings (SSSR count). The SMILES string of the molecule is CCCN(CCC)[C@@H](C)C(=O)N1CCC2(CC1)CN(C)CCN2C. The Kier molecular flexibility index (Phi) is 7.08. The number of amides is 1. The minimum absolute atomic E-state index is 0.0192. The lowest BCUT2D eigenvalue weighted by Crippen LogP contribution is -2.64. The molecule has 140 valence electrons. The molecule has 0 aromatic rings. The number of likely N-dealkylation sites (tertiary alicyclic amines) is 1. The molecular formula is C19H38N4O. The number of likely N-dealkylation sites (N-methyl/N-ethyl adjacent to an activating group) is 2. The highest BCUT2D eigenvalue weighted by molar-refractivity contribution is 5.81. The van der Waals surface area contributed by atoms with Crippen LogP contribution < -0.4 is 0 Å². The van der Waals surface area contributed by atoms with Gasteiger partial charge in [-0.25, -0.2) is 0 Å². The number of carbonyl (C=O) groups excluding carboxylic acids is 1. The smallest absolute Gasteiger partial charge is 0.239 e. The molecule has 0 N–H and O–H groups in total. The third-order valence-corrected chi connectivity index (χ3v) is 6.12. The van der Waals surface area contributed by atoms with E-state index in [0.29, 0.717) is 5.91 Å². The van der Waals surface area contributed by atoms with E-state index in [0.717, 1.165) is 71.5 Å². The molecule has 0 unspecified atom stereocenters. The molecular weight excluding hydrogens is 300 g/mol. The number of rotatable bonds is 6. The molecule has 1 atom stereocenters. The van der Waals surface area contributed by atoms with Crippen LogP contribution in [0.5, 0.6) is 0 Å². The number of hydrogen-bond acceptors (Lipinski definition) is 4. The number of carbonyl (C=O) groups is 1. The van der Waals surface area contributed by atoms with Gasteiger partial charge < -0.3 is 9.80 Å². The molecule has 0 saturated carbocycles. The molecule has 2 heterocycles. The number of nitrogens with zero attached hydrogens (tertiary/aromatic N) is 4. The first-order valence-corrected chi connectivity index (χ1v) is 9.86. The highest BCUT2D eigenvalue weighted by Gasteiger charge is 2.42. The summed E-state index contributed by atoms with van der Waals surface area (Å²) in [6.45, 7) is 13.8. The number of piperazine rings is 1. The molecule has 0 aromatic heterocycles. The second-order valence-electron chi connectivity index (χ2n) is 7.92. The summed E-state index contributed by atoms with van der Waals surface area (Å²) in [7, 11) is 4.49. The highest BCUT2D eigenvalue weighted by Crippen LogP contribution is 2.31. The van der Waals surface area contributed by atoms with Gasteiger partial charge in [0.15, 0.2) is 0 Å². The van der Waals surface area contributed by atoms with Gasteiger partial charge in [-0.05, 0) is 59.8 Å². The van der Waals surface area contributed by atoms with Crippen molar-refractivity contribution in [3.05, 3.63) is 0 Å². The van der Waals surface area contributed by atoms with E-state index < -0.39 is 0 Å². The molecule has 1 amide bonds. The second-order valence-corrected chi connectivity index (χ2v) is 7.92. The summed E-state index contributed by atoms with van der Waals surface area (Å²) in [6.07, 6.45) is 4.43. The van der Waals surface area contributed by atoms with Gasteiger partial charge in [0, 0.05) is 38.3 Å². The Hall–Kier alpha value is -0.650. The molecule has 0 aliphatic carbocycles. The van der Waals surface area contributed by atoms with E-state index in [9.17, 15) is 4.79 Å². The summed E-state index contributed by atoms with van der Waals surface area (Å²) in [4.78, 5) is 22.4. The Balaban J connectivity index is 1.94. The van der Waals surface area contributed by atoms with E-state index in [4.69, 9.17) is 0 Å². The Labute approximate surface area is 148 Å². The maximum absolute atomic E-state index is 13.0. The standard InChI is InChI=1S/C19H38N4O/c1-6-10-22(11-7-2)17(3)18(24)23-12-8-19(9-13-23)16-20(4)14-15-21(19)5/h17H,6-16H2,1-5H3/t17-/m0/s1. The lowest BCUT2D eigenvalue weighted by molar-refractivity contribution is -0.140. The van der Waals surface area contributed by atoms with Gasteiger partial charge in [0.25, 0.3) is 0 Å². The van der Waals surface area contributed by atoms with Crippen molar-refractivity contribution in [1.29, 1.82) is 0 Å². The third-order valence-electron chi connectivity index (χ3n) is 6.12. The van der Waals surface area contributed by atoms with E-state index >= 15 is 0 Å². The van der Waals surface area contributed by atoms with Crippen LogP contribution in [-0.2, 0) is 4.79 Å². The lowest BCUT2D eigenvalue weighted by atomic mass is 9.83. The summed E-state index contributed by atoms with van der Waals surface area (Å²) in [6, 6.07) is 0.0192. The zero-order valence-electron chi connectivity index (χ0n) is 16.6. The number of hydrogen-bond donors (Lipinski definition) is 0. The van der Waals surface area contributed by atoms with Crippen molar-refractivity contribution in [1.82, 2.24) is 19.6 Å². The van der Waals surface area contributed by atoms with Crippen molar-refractivity contribution >= 4 is 5.91 Å². The number of piperidine rings is 1. The van der Waals surface area contributed by atoms with Crippen LogP contribution in [0.15, 0.2) is 0 Å². The van der Waals surface area contributed by atoms with Crippen molar-refractivity contribution in [3.8, 4) is 0 Å². The fourth-order valence-corrected chi connectivity index (χ4v) is 4.44. The zero-order valence-corrected chi connectivity index (χ0v) is 16.6. The fraction of sp³-hybridized carbons (Fsp3) is 0.947. The molecule has 2 saturated heterocycles. The lowest BCUT2D eigenvalue weighted by Gasteiger charge is -2.52. The molecule has 0 bridgehead atoms. The summed E-state index contributed by atoms with van der Waals surface area (Å²) >= 11 is 0. The molecule has 1 spiro atoms. The quantitative estimate of drug-likeness (QED) is 0.738. The monoisotopic (exact) mass is 338 g/mol. The van der Waals surface area contributed by atoms with Crippen molar-refractivity contribution in [2.24, 2.45) is 0 Å². The molecule has 5 heteroatoms. The van der Waals surface area contributed by atoms with Crippen LogP contribution in [-0.4, -0.2) is 97.0 Å². The van der Waals surface area contributed by atoms with Crippen LogP contribution in [0.25, 0.3) is 0 Å². The van der Waals surface area contributed by atoms with Gasteiger partial charge in [0.05, 0.1) is 6.04 Å². The average Bonchev–Trinajstić information content (AvgIpc) is 2.58. The van der Waals surface area contributed by atoms with Gasteiger partial charge in [-0.2, -0.15) is 0 Å². The molecule has 2 aliphatic heterocycles. The van der Waals surface area contributed by atoms with E-state index in [1.165, 1.54) is 0 Å². The van der Waals surface area contributed by atoms with Gasteiger partial charge >= 0.3 is 0 Å². The van der Waals surface area contributed by atoms with Crippen molar-refractivity contribution in [2.75, 3.05) is 59.9 Å². The van der Waals surface area contributed by atoms with Gasteiger partial charge in [0.2, 0.25) is 5.91 Å². The van der Waals surface area contributed by atoms with Gasteiger partial charge in [0.1, 0.15) is 0 Å². The maximum Gasteiger partial charge on any atom is 0.239 e. The maximum atomic E-state index is 13.0. The van der Waals surface area contributed by atoms with Crippen LogP contribution >= 0.6 is 0 Å². The minimum atomic E-state index is 0.0192. The minimum Gasteiger partial charge on any atom is -0.341 e. The predicted molar refractivity (Wildman–Crippen MR) is 100 cm³/mol. The van der Waals surface area contributed by atoms with Crippen LogP contribution in [0.2, 0.25) is 0 Å². The Morgan fingerprint density at radius 1 is 1.04 bits per heavy atom. The topological polar surface area (TPSA) is 30.0 Å². The van der Waals surface area contributed by atoms with Crippen LogP contribution in [0, 0.1) is 0 Å². The summed E-state index contributed by atoms with van der Waals surface area (Å²) < 4.78 is 0. The normalized spacial score (nSPS) is 23.8. The van der Waals surface area contributed by atoms with Crippen LogP contribution in [0.4, 0.5) is 0 Å². The highest BCUT2D eigenvalue weighted by atomic mass is 16.2. The first kappa shape index (κ1) is 19.7. The fourth-order valence-electron chi connectivity index (χ4n) is 4.44. The third kappa shape index (κ3) is 4.30. The Bertz CT molecular complexity index is 400. The van der Waals surface area contributed by atoms with Gasteiger partial charge in [-0.1, -0.05) is 13.8 Å². The average molecular weight is 339 g/mol. The molecule has 5 nitrogen and oxygen atoms in total. The Morgan fingerprint density at radius 2 is 1.62 bits per heavy atom. The van der Waals surface area contributed by atoms with E-state index in [-0.39, 0.29) is 11.6 Å². The first-order valence-electron chi connectivity index (χ1n) is 9.86. The Morgan fingerprint density at radius 3 is 2.17 bits per heavy atom. The summed E-state index contributed by atoms with van der Waals surface area (Å²) in [5.41, 5.74) is 0.277. The molecule has 0 aromatic carbocycles. The summed E-state index contributed by atoms with van der Waals surface area (Å²) in [5, 5.41) is 0. The van der Waals surface area contributed by atoms with Crippen molar-refractivity contribution in [2.45, 2.75) is 58.0 Å². The second kappa shape index (κ2) is 8.63. The molecule has 0 radical (unpaired) electrons. The molecule has 24 heavy (non-hydrogen) atoms.